The third-order valence-electron chi connectivity index (χ3n) is 1.77. The molecule has 0 atom stereocenters. The van der Waals surface area contributed by atoms with E-state index >= 15 is 0 Å². The molecular formula is C10H15N3O. The predicted molar refractivity (Wildman–Crippen MR) is 54.1 cm³/mol. The molecule has 1 amide bonds. The van der Waals surface area contributed by atoms with E-state index in [0.29, 0.717) is 11.3 Å². The number of amides is 1. The lowest BCUT2D eigenvalue weighted by atomic mass is 10.2. The Labute approximate surface area is 83.7 Å². The number of nitrogens with one attached hydrogen (secondary N) is 1. The van der Waals surface area contributed by atoms with Crippen LogP contribution in [0.3, 0.4) is 0 Å². The second-order valence-corrected chi connectivity index (χ2v) is 3.61. The van der Waals surface area contributed by atoms with Crippen LogP contribution in [-0.4, -0.2) is 22.1 Å². The van der Waals surface area contributed by atoms with Gasteiger partial charge in [0.15, 0.2) is 0 Å². The second kappa shape index (κ2) is 4.17. The number of aryl methyl sites for hydroxylation is 2. The Balaban J connectivity index is 2.94. The fourth-order valence-corrected chi connectivity index (χ4v) is 1.12. The Morgan fingerprint density at radius 1 is 1.36 bits per heavy atom. The highest BCUT2D eigenvalue weighted by Gasteiger charge is 2.11. The molecule has 1 aromatic heterocycles. The Kier molecular flexibility index (Phi) is 3.17. The van der Waals surface area contributed by atoms with Crippen LogP contribution < -0.4 is 5.32 Å². The second-order valence-electron chi connectivity index (χ2n) is 3.61. The molecule has 1 heterocycles. The molecule has 1 aromatic rings. The van der Waals surface area contributed by atoms with Crippen LogP contribution >= 0.6 is 0 Å². The first-order chi connectivity index (χ1) is 6.50. The van der Waals surface area contributed by atoms with E-state index in [0.717, 1.165) is 5.69 Å². The highest BCUT2D eigenvalue weighted by Crippen LogP contribution is 2.05. The van der Waals surface area contributed by atoms with Gasteiger partial charge >= 0.3 is 0 Å². The molecule has 0 saturated heterocycles. The van der Waals surface area contributed by atoms with Gasteiger partial charge in [-0.05, 0) is 33.8 Å². The average molecular weight is 193 g/mol. The molecule has 0 radical (unpaired) electrons. The summed E-state index contributed by atoms with van der Waals surface area (Å²) < 4.78 is 0. The van der Waals surface area contributed by atoms with E-state index in [4.69, 9.17) is 0 Å². The molecule has 0 aliphatic heterocycles. The first-order valence-corrected chi connectivity index (χ1v) is 4.62. The number of hydrogen-bond acceptors (Lipinski definition) is 3. The molecular weight excluding hydrogens is 178 g/mol. The van der Waals surface area contributed by atoms with Crippen LogP contribution in [0.4, 0.5) is 0 Å². The zero-order valence-electron chi connectivity index (χ0n) is 8.96. The van der Waals surface area contributed by atoms with Crippen LogP contribution in [0.15, 0.2) is 6.07 Å². The van der Waals surface area contributed by atoms with Crippen molar-refractivity contribution < 1.29 is 4.79 Å². The van der Waals surface area contributed by atoms with Gasteiger partial charge in [-0.1, -0.05) is 0 Å². The van der Waals surface area contributed by atoms with Crippen molar-refractivity contribution in [3.8, 4) is 0 Å². The minimum absolute atomic E-state index is 0.0875. The number of nitrogens with zero attached hydrogens (tertiary/aromatic N) is 2. The van der Waals surface area contributed by atoms with Gasteiger partial charge in [0.2, 0.25) is 0 Å². The SMILES string of the molecule is Cc1cc(C(=O)NC(C)C)c(C)nn1. The number of carbonyl (C=O) groups excluding carboxylic acids is 1. The molecule has 0 spiro atoms. The van der Waals surface area contributed by atoms with Crippen LogP contribution in [0.1, 0.15) is 35.6 Å². The van der Waals surface area contributed by atoms with Gasteiger partial charge in [-0.3, -0.25) is 4.79 Å². The highest BCUT2D eigenvalue weighted by atomic mass is 16.1. The standard InChI is InChI=1S/C10H15N3O/c1-6(2)11-10(14)9-5-7(3)12-13-8(9)4/h5-6H,1-4H3,(H,11,14). The topological polar surface area (TPSA) is 54.9 Å². The van der Waals surface area contributed by atoms with Crippen molar-refractivity contribution in [2.45, 2.75) is 33.7 Å². The summed E-state index contributed by atoms with van der Waals surface area (Å²) in [6, 6.07) is 1.88. The maximum Gasteiger partial charge on any atom is 0.253 e. The summed E-state index contributed by atoms with van der Waals surface area (Å²) in [5.41, 5.74) is 2.02. The van der Waals surface area contributed by atoms with Crippen molar-refractivity contribution in [1.82, 2.24) is 15.5 Å². The summed E-state index contributed by atoms with van der Waals surface area (Å²) in [4.78, 5) is 11.6. The molecule has 76 valence electrons. The molecule has 0 aromatic carbocycles. The van der Waals surface area contributed by atoms with Crippen LogP contribution in [0.25, 0.3) is 0 Å². The lowest BCUT2D eigenvalue weighted by Gasteiger charge is -2.09. The monoisotopic (exact) mass is 193 g/mol. The van der Waals surface area contributed by atoms with Crippen molar-refractivity contribution in [2.75, 3.05) is 0 Å². The molecule has 0 fully saturated rings. The van der Waals surface area contributed by atoms with Gasteiger partial charge in [0.25, 0.3) is 5.91 Å². The fourth-order valence-electron chi connectivity index (χ4n) is 1.12. The first kappa shape index (κ1) is 10.6. The number of hydrogen-bond donors (Lipinski definition) is 1. The molecule has 4 nitrogen and oxygen atoms in total. The molecule has 14 heavy (non-hydrogen) atoms. The fraction of sp³-hybridized carbons (Fsp3) is 0.500. The van der Waals surface area contributed by atoms with E-state index in [1.807, 2.05) is 20.8 Å². The lowest BCUT2D eigenvalue weighted by Crippen LogP contribution is -2.31. The third-order valence-corrected chi connectivity index (χ3v) is 1.77. The number of carbonyl (C=O) groups is 1. The minimum Gasteiger partial charge on any atom is -0.350 e. The Hall–Kier alpha value is -1.45. The van der Waals surface area contributed by atoms with E-state index in [9.17, 15) is 4.79 Å². The predicted octanol–water partition coefficient (Wildman–Crippen LogP) is 1.23. The Morgan fingerprint density at radius 3 is 2.57 bits per heavy atom. The molecule has 0 saturated carbocycles. The first-order valence-electron chi connectivity index (χ1n) is 4.62. The lowest BCUT2D eigenvalue weighted by molar-refractivity contribution is 0.0941. The Bertz CT molecular complexity index is 347. The van der Waals surface area contributed by atoms with E-state index in [-0.39, 0.29) is 11.9 Å². The average Bonchev–Trinajstić information content (AvgIpc) is 2.08. The van der Waals surface area contributed by atoms with Gasteiger partial charge in [-0.15, -0.1) is 0 Å². The van der Waals surface area contributed by atoms with E-state index < -0.39 is 0 Å². The smallest absolute Gasteiger partial charge is 0.253 e. The molecule has 0 unspecified atom stereocenters. The number of aromatic nitrogens is 2. The van der Waals surface area contributed by atoms with Gasteiger partial charge in [-0.25, -0.2) is 0 Å². The molecule has 0 aliphatic rings. The van der Waals surface area contributed by atoms with Crippen LogP contribution in [0.2, 0.25) is 0 Å². The van der Waals surface area contributed by atoms with Gasteiger partial charge in [0.1, 0.15) is 0 Å². The van der Waals surface area contributed by atoms with E-state index in [1.54, 1.807) is 13.0 Å². The summed E-state index contributed by atoms with van der Waals surface area (Å²) in [6.45, 7) is 7.45. The summed E-state index contributed by atoms with van der Waals surface area (Å²) in [6.07, 6.45) is 0. The van der Waals surface area contributed by atoms with Crippen molar-refractivity contribution in [3.63, 3.8) is 0 Å². The largest absolute Gasteiger partial charge is 0.350 e. The van der Waals surface area contributed by atoms with E-state index in [2.05, 4.69) is 15.5 Å². The third kappa shape index (κ3) is 2.52. The quantitative estimate of drug-likeness (QED) is 0.768. The van der Waals surface area contributed by atoms with Crippen molar-refractivity contribution in [2.24, 2.45) is 0 Å². The summed E-state index contributed by atoms with van der Waals surface area (Å²) in [7, 11) is 0. The normalized spacial score (nSPS) is 10.4. The molecule has 0 aliphatic carbocycles. The zero-order chi connectivity index (χ0) is 10.7. The van der Waals surface area contributed by atoms with Gasteiger partial charge in [-0.2, -0.15) is 10.2 Å². The molecule has 1 N–H and O–H groups in total. The van der Waals surface area contributed by atoms with Gasteiger partial charge in [0.05, 0.1) is 17.0 Å². The summed E-state index contributed by atoms with van der Waals surface area (Å²) in [5.74, 6) is -0.0875. The van der Waals surface area contributed by atoms with Crippen LogP contribution in [0, 0.1) is 13.8 Å². The van der Waals surface area contributed by atoms with Gasteiger partial charge < -0.3 is 5.32 Å². The van der Waals surface area contributed by atoms with Crippen molar-refractivity contribution in [3.05, 3.63) is 23.0 Å². The van der Waals surface area contributed by atoms with Crippen LogP contribution in [-0.2, 0) is 0 Å². The molecule has 0 bridgehead atoms. The van der Waals surface area contributed by atoms with E-state index in [1.165, 1.54) is 0 Å². The summed E-state index contributed by atoms with van der Waals surface area (Å²) >= 11 is 0. The Morgan fingerprint density at radius 2 is 2.00 bits per heavy atom. The van der Waals surface area contributed by atoms with Crippen molar-refractivity contribution >= 4 is 5.91 Å². The van der Waals surface area contributed by atoms with Crippen molar-refractivity contribution in [1.29, 1.82) is 0 Å². The highest BCUT2D eigenvalue weighted by molar-refractivity contribution is 5.95. The number of rotatable bonds is 2. The zero-order valence-corrected chi connectivity index (χ0v) is 8.96. The molecule has 4 heteroatoms. The molecule has 1 rings (SSSR count). The maximum atomic E-state index is 11.6. The van der Waals surface area contributed by atoms with Crippen LogP contribution in [0.5, 0.6) is 0 Å². The maximum absolute atomic E-state index is 11.6. The minimum atomic E-state index is -0.0875. The van der Waals surface area contributed by atoms with Gasteiger partial charge in [0, 0.05) is 6.04 Å². The summed E-state index contributed by atoms with van der Waals surface area (Å²) in [5, 5.41) is 10.6.